The molecule has 1 atom stereocenters. The van der Waals surface area contributed by atoms with Crippen LogP contribution < -0.4 is 4.90 Å². The maximum absolute atomic E-state index is 12.9. The van der Waals surface area contributed by atoms with Gasteiger partial charge in [-0.3, -0.25) is 4.79 Å². The monoisotopic (exact) mass is 373 g/mol. The predicted molar refractivity (Wildman–Crippen MR) is 98.1 cm³/mol. The first-order valence-corrected chi connectivity index (χ1v) is 10.1. The third-order valence-corrected chi connectivity index (χ3v) is 6.18. The highest BCUT2D eigenvalue weighted by atomic mass is 32.2. The van der Waals surface area contributed by atoms with Crippen LogP contribution in [0.3, 0.4) is 0 Å². The standard InChI is InChI=1S/C19H19NO5S/c21-18(12-14-4-2-1-3-5-14)20(17-10-11-26(24,25)13-17)16-8-6-15(7-9-16)19(22)23/h1-9,17H,10-13H2,(H,22,23). The SMILES string of the molecule is O=C(O)c1ccc(N(C(=O)Cc2ccccc2)C2CCS(=O)(=O)C2)cc1. The number of carboxylic acid groups (broad SMARTS) is 1. The van der Waals surface area contributed by atoms with Gasteiger partial charge in [0.25, 0.3) is 0 Å². The van der Waals surface area contributed by atoms with E-state index in [0.29, 0.717) is 12.1 Å². The Morgan fingerprint density at radius 3 is 2.23 bits per heavy atom. The van der Waals surface area contributed by atoms with E-state index in [9.17, 15) is 18.0 Å². The molecule has 0 saturated carbocycles. The fourth-order valence-electron chi connectivity index (χ4n) is 3.16. The molecule has 1 saturated heterocycles. The largest absolute Gasteiger partial charge is 0.478 e. The second-order valence-electron chi connectivity index (χ2n) is 6.34. The average Bonchev–Trinajstić information content (AvgIpc) is 2.96. The van der Waals surface area contributed by atoms with Crippen molar-refractivity contribution >= 4 is 27.4 Å². The topological polar surface area (TPSA) is 91.8 Å². The minimum Gasteiger partial charge on any atom is -0.478 e. The molecule has 1 unspecified atom stereocenters. The highest BCUT2D eigenvalue weighted by Gasteiger charge is 2.35. The van der Waals surface area contributed by atoms with Crippen LogP contribution in [0.5, 0.6) is 0 Å². The van der Waals surface area contributed by atoms with E-state index in [0.717, 1.165) is 5.56 Å². The molecule has 3 rings (SSSR count). The molecule has 2 aromatic rings. The zero-order chi connectivity index (χ0) is 18.7. The Hall–Kier alpha value is -2.67. The second kappa shape index (κ2) is 7.29. The molecule has 1 N–H and O–H groups in total. The summed E-state index contributed by atoms with van der Waals surface area (Å²) in [6, 6.07) is 14.7. The van der Waals surface area contributed by atoms with Crippen LogP contribution in [0.4, 0.5) is 5.69 Å². The van der Waals surface area contributed by atoms with Crippen molar-refractivity contribution in [2.45, 2.75) is 18.9 Å². The first-order valence-electron chi connectivity index (χ1n) is 8.25. The molecule has 1 fully saturated rings. The van der Waals surface area contributed by atoms with Gasteiger partial charge in [0.05, 0.1) is 29.5 Å². The lowest BCUT2D eigenvalue weighted by Crippen LogP contribution is -2.42. The summed E-state index contributed by atoms with van der Waals surface area (Å²) >= 11 is 0. The molecule has 1 aliphatic heterocycles. The number of nitrogens with zero attached hydrogens (tertiary/aromatic N) is 1. The average molecular weight is 373 g/mol. The molecule has 0 spiro atoms. The Morgan fingerprint density at radius 2 is 1.69 bits per heavy atom. The number of hydrogen-bond acceptors (Lipinski definition) is 4. The van der Waals surface area contributed by atoms with Crippen molar-refractivity contribution in [2.75, 3.05) is 16.4 Å². The van der Waals surface area contributed by atoms with E-state index < -0.39 is 21.8 Å². The van der Waals surface area contributed by atoms with Gasteiger partial charge in [0.1, 0.15) is 0 Å². The fourth-order valence-corrected chi connectivity index (χ4v) is 4.86. The van der Waals surface area contributed by atoms with Crippen LogP contribution in [0.25, 0.3) is 0 Å². The minimum atomic E-state index is -3.16. The molecule has 26 heavy (non-hydrogen) atoms. The summed E-state index contributed by atoms with van der Waals surface area (Å²) in [5, 5.41) is 9.04. The van der Waals surface area contributed by atoms with E-state index in [2.05, 4.69) is 0 Å². The number of aromatic carboxylic acids is 1. The number of anilines is 1. The Bertz CT molecular complexity index is 907. The number of carboxylic acids is 1. The molecule has 0 aromatic heterocycles. The summed E-state index contributed by atoms with van der Waals surface area (Å²) in [7, 11) is -3.16. The van der Waals surface area contributed by atoms with Crippen molar-refractivity contribution in [3.8, 4) is 0 Å². The van der Waals surface area contributed by atoms with Gasteiger partial charge in [-0.1, -0.05) is 30.3 Å². The summed E-state index contributed by atoms with van der Waals surface area (Å²) in [4.78, 5) is 25.5. The second-order valence-corrected chi connectivity index (χ2v) is 8.56. The Balaban J connectivity index is 1.91. The number of rotatable bonds is 5. The maximum Gasteiger partial charge on any atom is 0.335 e. The summed E-state index contributed by atoms with van der Waals surface area (Å²) in [5.41, 5.74) is 1.46. The third kappa shape index (κ3) is 4.11. The molecule has 1 aliphatic rings. The predicted octanol–water partition coefficient (Wildman–Crippen LogP) is 2.15. The zero-order valence-electron chi connectivity index (χ0n) is 14.0. The van der Waals surface area contributed by atoms with Crippen molar-refractivity contribution < 1.29 is 23.1 Å². The Kier molecular flexibility index (Phi) is 5.08. The molecule has 7 heteroatoms. The van der Waals surface area contributed by atoms with Gasteiger partial charge in [-0.05, 0) is 36.2 Å². The van der Waals surface area contributed by atoms with Crippen LogP contribution >= 0.6 is 0 Å². The summed E-state index contributed by atoms with van der Waals surface area (Å²) < 4.78 is 23.8. The molecule has 136 valence electrons. The number of amides is 1. The Morgan fingerprint density at radius 1 is 1.04 bits per heavy atom. The number of sulfone groups is 1. The van der Waals surface area contributed by atoms with E-state index in [1.165, 1.54) is 17.0 Å². The van der Waals surface area contributed by atoms with Gasteiger partial charge in [-0.2, -0.15) is 0 Å². The van der Waals surface area contributed by atoms with Gasteiger partial charge in [-0.15, -0.1) is 0 Å². The molecule has 0 bridgehead atoms. The maximum atomic E-state index is 12.9. The van der Waals surface area contributed by atoms with E-state index >= 15 is 0 Å². The fraction of sp³-hybridized carbons (Fsp3) is 0.263. The van der Waals surface area contributed by atoms with Crippen LogP contribution in [0.1, 0.15) is 22.3 Å². The van der Waals surface area contributed by atoms with Gasteiger partial charge in [0.2, 0.25) is 5.91 Å². The lowest BCUT2D eigenvalue weighted by molar-refractivity contribution is -0.118. The third-order valence-electron chi connectivity index (χ3n) is 4.43. The molecule has 1 amide bonds. The number of carbonyl (C=O) groups excluding carboxylic acids is 1. The number of carbonyl (C=O) groups is 2. The highest BCUT2D eigenvalue weighted by molar-refractivity contribution is 7.91. The van der Waals surface area contributed by atoms with Gasteiger partial charge in [0, 0.05) is 5.69 Å². The smallest absolute Gasteiger partial charge is 0.335 e. The van der Waals surface area contributed by atoms with Crippen molar-refractivity contribution in [3.63, 3.8) is 0 Å². The zero-order valence-corrected chi connectivity index (χ0v) is 14.9. The molecule has 0 radical (unpaired) electrons. The molecule has 0 aliphatic carbocycles. The lowest BCUT2D eigenvalue weighted by Gasteiger charge is -2.28. The van der Waals surface area contributed by atoms with E-state index in [-0.39, 0.29) is 29.4 Å². The summed E-state index contributed by atoms with van der Waals surface area (Å²) in [6.45, 7) is 0. The molecule has 6 nitrogen and oxygen atoms in total. The number of benzene rings is 2. The van der Waals surface area contributed by atoms with Gasteiger partial charge < -0.3 is 10.0 Å². The van der Waals surface area contributed by atoms with Gasteiger partial charge >= 0.3 is 5.97 Å². The number of hydrogen-bond donors (Lipinski definition) is 1. The molecule has 1 heterocycles. The van der Waals surface area contributed by atoms with Crippen LogP contribution in [-0.2, 0) is 21.1 Å². The highest BCUT2D eigenvalue weighted by Crippen LogP contribution is 2.26. The van der Waals surface area contributed by atoms with Crippen LogP contribution in [0.15, 0.2) is 54.6 Å². The van der Waals surface area contributed by atoms with Gasteiger partial charge in [-0.25, -0.2) is 13.2 Å². The van der Waals surface area contributed by atoms with Crippen molar-refractivity contribution in [2.24, 2.45) is 0 Å². The van der Waals surface area contributed by atoms with Crippen LogP contribution in [0, 0.1) is 0 Å². The van der Waals surface area contributed by atoms with Crippen LogP contribution in [-0.4, -0.2) is 42.9 Å². The van der Waals surface area contributed by atoms with E-state index in [1.807, 2.05) is 30.3 Å². The quantitative estimate of drug-likeness (QED) is 0.867. The van der Waals surface area contributed by atoms with Gasteiger partial charge in [0.15, 0.2) is 9.84 Å². The minimum absolute atomic E-state index is 0.0555. The van der Waals surface area contributed by atoms with E-state index in [1.54, 1.807) is 12.1 Å². The molecular formula is C19H19NO5S. The van der Waals surface area contributed by atoms with E-state index in [4.69, 9.17) is 5.11 Å². The normalized spacial score (nSPS) is 18.4. The first-order chi connectivity index (χ1) is 12.4. The molecular weight excluding hydrogens is 354 g/mol. The molecule has 2 aromatic carbocycles. The van der Waals surface area contributed by atoms with Crippen molar-refractivity contribution in [3.05, 3.63) is 65.7 Å². The Labute approximate surface area is 152 Å². The van der Waals surface area contributed by atoms with Crippen LogP contribution in [0.2, 0.25) is 0 Å². The lowest BCUT2D eigenvalue weighted by atomic mass is 10.1. The summed E-state index contributed by atoms with van der Waals surface area (Å²) in [5.74, 6) is -1.28. The summed E-state index contributed by atoms with van der Waals surface area (Å²) in [6.07, 6.45) is 0.529. The van der Waals surface area contributed by atoms with Crippen molar-refractivity contribution in [1.82, 2.24) is 0 Å². The first kappa shape index (κ1) is 18.1. The van der Waals surface area contributed by atoms with Crippen molar-refractivity contribution in [1.29, 1.82) is 0 Å².